The number of aromatic hydroxyl groups is 1. The molecule has 0 aliphatic rings. The fourth-order valence-corrected chi connectivity index (χ4v) is 2.13. The predicted molar refractivity (Wildman–Crippen MR) is 76.7 cm³/mol. The van der Waals surface area contributed by atoms with E-state index in [-0.39, 0.29) is 22.6 Å². The monoisotopic (exact) mass is 303 g/mol. The summed E-state index contributed by atoms with van der Waals surface area (Å²) in [4.78, 5) is 35.1. The lowest BCUT2D eigenvalue weighted by atomic mass is 10.1. The highest BCUT2D eigenvalue weighted by Gasteiger charge is 2.18. The first kappa shape index (κ1) is 15.3. The summed E-state index contributed by atoms with van der Waals surface area (Å²) >= 11 is 0. The van der Waals surface area contributed by atoms with Gasteiger partial charge in [-0.05, 0) is 31.2 Å². The number of aromatic nitrogens is 1. The van der Waals surface area contributed by atoms with Crippen LogP contribution in [0.5, 0.6) is 5.75 Å². The molecule has 22 heavy (non-hydrogen) atoms. The molecule has 0 atom stereocenters. The quantitative estimate of drug-likeness (QED) is 0.829. The SMILES string of the molecule is COC(=O)c1ccc(C(=O)O)cc1-n1c(C)cc(O)cc1=O. The minimum atomic E-state index is -1.19. The molecule has 114 valence electrons. The van der Waals surface area contributed by atoms with Crippen molar-refractivity contribution in [2.45, 2.75) is 6.92 Å². The highest BCUT2D eigenvalue weighted by molar-refractivity contribution is 5.96. The van der Waals surface area contributed by atoms with Crippen molar-refractivity contribution in [3.63, 3.8) is 0 Å². The van der Waals surface area contributed by atoms with Crippen LogP contribution in [0.3, 0.4) is 0 Å². The molecule has 7 heteroatoms. The van der Waals surface area contributed by atoms with Gasteiger partial charge in [-0.1, -0.05) is 0 Å². The van der Waals surface area contributed by atoms with E-state index >= 15 is 0 Å². The lowest BCUT2D eigenvalue weighted by Crippen LogP contribution is -2.22. The molecule has 1 aromatic heterocycles. The van der Waals surface area contributed by atoms with E-state index in [2.05, 4.69) is 4.74 Å². The number of benzene rings is 1. The number of esters is 1. The fraction of sp³-hybridized carbons (Fsp3) is 0.133. The van der Waals surface area contributed by atoms with Gasteiger partial charge >= 0.3 is 11.9 Å². The van der Waals surface area contributed by atoms with Gasteiger partial charge in [-0.15, -0.1) is 0 Å². The van der Waals surface area contributed by atoms with Crippen molar-refractivity contribution in [1.29, 1.82) is 0 Å². The molecule has 0 aliphatic carbocycles. The number of aromatic carboxylic acids is 1. The highest BCUT2D eigenvalue weighted by atomic mass is 16.5. The largest absolute Gasteiger partial charge is 0.508 e. The maximum atomic E-state index is 12.1. The maximum absolute atomic E-state index is 12.1. The Hall–Kier alpha value is -3.09. The summed E-state index contributed by atoms with van der Waals surface area (Å²) in [6, 6.07) is 6.04. The zero-order chi connectivity index (χ0) is 16.4. The van der Waals surface area contributed by atoms with Crippen LogP contribution in [0.4, 0.5) is 0 Å². The lowest BCUT2D eigenvalue weighted by molar-refractivity contribution is 0.0598. The fourth-order valence-electron chi connectivity index (χ4n) is 2.13. The molecule has 0 unspecified atom stereocenters. The summed E-state index contributed by atoms with van der Waals surface area (Å²) in [6.07, 6.45) is 0. The Morgan fingerprint density at radius 1 is 1.18 bits per heavy atom. The normalized spacial score (nSPS) is 10.3. The van der Waals surface area contributed by atoms with Crippen LogP contribution >= 0.6 is 0 Å². The number of ether oxygens (including phenoxy) is 1. The first-order valence-electron chi connectivity index (χ1n) is 6.24. The second-order valence-corrected chi connectivity index (χ2v) is 4.56. The third-order valence-corrected chi connectivity index (χ3v) is 3.09. The van der Waals surface area contributed by atoms with E-state index in [0.29, 0.717) is 5.69 Å². The number of nitrogens with zero attached hydrogens (tertiary/aromatic N) is 1. The van der Waals surface area contributed by atoms with Crippen molar-refractivity contribution in [3.05, 3.63) is 57.5 Å². The smallest absolute Gasteiger partial charge is 0.339 e. The van der Waals surface area contributed by atoms with Crippen LogP contribution in [-0.4, -0.2) is 33.8 Å². The predicted octanol–water partition coefficient (Wildman–Crippen LogP) is 1.34. The minimum Gasteiger partial charge on any atom is -0.508 e. The van der Waals surface area contributed by atoms with Crippen LogP contribution < -0.4 is 5.56 Å². The topological polar surface area (TPSA) is 106 Å². The first-order valence-corrected chi connectivity index (χ1v) is 6.24. The van der Waals surface area contributed by atoms with E-state index in [0.717, 1.165) is 10.6 Å². The van der Waals surface area contributed by atoms with Crippen molar-refractivity contribution in [2.75, 3.05) is 7.11 Å². The second kappa shape index (κ2) is 5.72. The molecule has 7 nitrogen and oxygen atoms in total. The molecule has 0 fully saturated rings. The number of carboxylic acid groups (broad SMARTS) is 1. The van der Waals surface area contributed by atoms with Gasteiger partial charge in [0.15, 0.2) is 0 Å². The summed E-state index contributed by atoms with van der Waals surface area (Å²) in [5.41, 5.74) is -0.206. The Morgan fingerprint density at radius 3 is 2.41 bits per heavy atom. The van der Waals surface area contributed by atoms with E-state index in [1.54, 1.807) is 6.92 Å². The average Bonchev–Trinajstić information content (AvgIpc) is 2.45. The second-order valence-electron chi connectivity index (χ2n) is 4.56. The molecule has 0 amide bonds. The molecule has 2 aromatic rings. The number of carboxylic acids is 1. The van der Waals surface area contributed by atoms with E-state index in [1.165, 1.54) is 31.4 Å². The number of methoxy groups -OCH3 is 1. The van der Waals surface area contributed by atoms with Gasteiger partial charge in [-0.25, -0.2) is 9.59 Å². The van der Waals surface area contributed by atoms with Gasteiger partial charge in [-0.2, -0.15) is 0 Å². The molecular weight excluding hydrogens is 290 g/mol. The number of hydrogen-bond donors (Lipinski definition) is 2. The van der Waals surface area contributed by atoms with Crippen LogP contribution in [0.1, 0.15) is 26.4 Å². The summed E-state index contributed by atoms with van der Waals surface area (Å²) in [7, 11) is 1.18. The van der Waals surface area contributed by atoms with Crippen molar-refractivity contribution in [2.24, 2.45) is 0 Å². The Labute approximate surface area is 125 Å². The zero-order valence-corrected chi connectivity index (χ0v) is 11.9. The van der Waals surface area contributed by atoms with E-state index in [1.807, 2.05) is 0 Å². The van der Waals surface area contributed by atoms with Crippen molar-refractivity contribution in [1.82, 2.24) is 4.57 Å². The average molecular weight is 303 g/mol. The summed E-state index contributed by atoms with van der Waals surface area (Å²) in [5.74, 6) is -2.11. The van der Waals surface area contributed by atoms with Crippen LogP contribution in [0.25, 0.3) is 5.69 Å². The maximum Gasteiger partial charge on any atom is 0.339 e. The van der Waals surface area contributed by atoms with Gasteiger partial charge in [-0.3, -0.25) is 9.36 Å². The molecule has 0 bridgehead atoms. The standard InChI is InChI=1S/C15H13NO6/c1-8-5-10(17)7-13(18)16(8)12-6-9(14(19)20)3-4-11(12)15(21)22-2/h3-7,17H,1-2H3,(H,19,20). The third kappa shape index (κ3) is 2.69. The molecule has 0 saturated heterocycles. The number of pyridine rings is 1. The van der Waals surface area contributed by atoms with Crippen LogP contribution in [-0.2, 0) is 4.74 Å². The summed E-state index contributed by atoms with van der Waals surface area (Å²) in [6.45, 7) is 1.55. The molecule has 1 heterocycles. The number of hydrogen-bond acceptors (Lipinski definition) is 5. The van der Waals surface area contributed by atoms with Crippen LogP contribution in [0.15, 0.2) is 35.1 Å². The molecule has 0 radical (unpaired) electrons. The molecule has 2 N–H and O–H groups in total. The number of carbonyl (C=O) groups excluding carboxylic acids is 1. The van der Waals surface area contributed by atoms with Crippen LogP contribution in [0.2, 0.25) is 0 Å². The molecular formula is C15H13NO6. The molecule has 0 aliphatic heterocycles. The molecule has 0 spiro atoms. The number of aryl methyl sites for hydroxylation is 1. The van der Waals surface area contributed by atoms with Gasteiger partial charge < -0.3 is 14.9 Å². The molecule has 1 aromatic carbocycles. The van der Waals surface area contributed by atoms with Crippen molar-refractivity contribution in [3.8, 4) is 11.4 Å². The van der Waals surface area contributed by atoms with Gasteiger partial charge in [0.1, 0.15) is 5.75 Å². The van der Waals surface area contributed by atoms with Gasteiger partial charge in [0, 0.05) is 11.8 Å². The third-order valence-electron chi connectivity index (χ3n) is 3.09. The number of rotatable bonds is 3. The summed E-state index contributed by atoms with van der Waals surface area (Å²) in [5, 5.41) is 18.5. The van der Waals surface area contributed by atoms with E-state index < -0.39 is 17.5 Å². The van der Waals surface area contributed by atoms with E-state index in [4.69, 9.17) is 5.11 Å². The Kier molecular flexibility index (Phi) is 3.98. The Balaban J connectivity index is 2.82. The van der Waals surface area contributed by atoms with Gasteiger partial charge in [0.25, 0.3) is 5.56 Å². The van der Waals surface area contributed by atoms with Crippen LogP contribution in [0, 0.1) is 6.92 Å². The number of carbonyl (C=O) groups is 2. The Morgan fingerprint density at radius 2 is 1.86 bits per heavy atom. The molecule has 2 rings (SSSR count). The first-order chi connectivity index (χ1) is 10.3. The Bertz CT molecular complexity index is 821. The zero-order valence-electron chi connectivity index (χ0n) is 11.9. The van der Waals surface area contributed by atoms with Crippen molar-refractivity contribution < 1.29 is 24.5 Å². The van der Waals surface area contributed by atoms with Crippen molar-refractivity contribution >= 4 is 11.9 Å². The van der Waals surface area contributed by atoms with Gasteiger partial charge in [0.05, 0.1) is 23.9 Å². The highest BCUT2D eigenvalue weighted by Crippen LogP contribution is 2.20. The minimum absolute atomic E-state index is 0.0448. The van der Waals surface area contributed by atoms with Gasteiger partial charge in [0.2, 0.25) is 0 Å². The lowest BCUT2D eigenvalue weighted by Gasteiger charge is -2.14. The molecule has 0 saturated carbocycles. The summed E-state index contributed by atoms with van der Waals surface area (Å²) < 4.78 is 5.79. The van der Waals surface area contributed by atoms with E-state index in [9.17, 15) is 19.5 Å².